The molecule has 8 heteroatoms. The van der Waals surface area contributed by atoms with Crippen molar-refractivity contribution in [3.05, 3.63) is 33.6 Å². The third-order valence-electron chi connectivity index (χ3n) is 1.53. The Labute approximate surface area is 90.4 Å². The summed E-state index contributed by atoms with van der Waals surface area (Å²) in [6.07, 6.45) is -4.82. The fourth-order valence-electron chi connectivity index (χ4n) is 0.923. The summed E-state index contributed by atoms with van der Waals surface area (Å²) in [7, 11) is 0. The van der Waals surface area contributed by atoms with Crippen molar-refractivity contribution >= 4 is 21.6 Å². The standard InChI is InChI=1S/C7H4BrF3N2O2/c8-3-4-1-2-5(13(14)15)6(12-4)7(9,10)11/h1-2H,3H2. The number of alkyl halides is 4. The molecule has 1 aromatic rings. The van der Waals surface area contributed by atoms with Crippen molar-refractivity contribution in [3.63, 3.8) is 0 Å². The largest absolute Gasteiger partial charge is 0.440 e. The summed E-state index contributed by atoms with van der Waals surface area (Å²) in [6.45, 7) is 0. The van der Waals surface area contributed by atoms with Gasteiger partial charge in [-0.25, -0.2) is 4.98 Å². The number of pyridine rings is 1. The maximum Gasteiger partial charge on any atom is 0.440 e. The van der Waals surface area contributed by atoms with E-state index in [1.165, 1.54) is 6.07 Å². The number of hydrogen-bond acceptors (Lipinski definition) is 3. The molecule has 82 valence electrons. The van der Waals surface area contributed by atoms with Gasteiger partial charge in [0.05, 0.1) is 10.6 Å². The van der Waals surface area contributed by atoms with E-state index in [0.717, 1.165) is 6.07 Å². The highest BCUT2D eigenvalue weighted by Gasteiger charge is 2.40. The molecule has 0 amide bonds. The van der Waals surface area contributed by atoms with Gasteiger partial charge in [-0.3, -0.25) is 10.1 Å². The fraction of sp³-hybridized carbons (Fsp3) is 0.286. The van der Waals surface area contributed by atoms with Crippen molar-refractivity contribution in [1.82, 2.24) is 4.98 Å². The zero-order chi connectivity index (χ0) is 11.6. The van der Waals surface area contributed by atoms with Crippen LogP contribution in [0.3, 0.4) is 0 Å². The quantitative estimate of drug-likeness (QED) is 0.477. The van der Waals surface area contributed by atoms with Gasteiger partial charge in [-0.15, -0.1) is 0 Å². The number of nitrogens with zero attached hydrogens (tertiary/aromatic N) is 2. The molecule has 0 aliphatic carbocycles. The molecule has 0 aromatic carbocycles. The molecule has 0 aliphatic heterocycles. The summed E-state index contributed by atoms with van der Waals surface area (Å²) in [5, 5.41) is 10.4. The highest BCUT2D eigenvalue weighted by molar-refractivity contribution is 9.08. The Balaban J connectivity index is 3.36. The number of rotatable bonds is 2. The Bertz CT molecular complexity index is 394. The van der Waals surface area contributed by atoms with E-state index in [-0.39, 0.29) is 11.0 Å². The number of hydrogen-bond donors (Lipinski definition) is 0. The van der Waals surface area contributed by atoms with Gasteiger partial charge in [0.1, 0.15) is 0 Å². The van der Waals surface area contributed by atoms with Crippen molar-refractivity contribution in [3.8, 4) is 0 Å². The van der Waals surface area contributed by atoms with Crippen molar-refractivity contribution in [2.45, 2.75) is 11.5 Å². The van der Waals surface area contributed by atoms with Crippen LogP contribution in [0.2, 0.25) is 0 Å². The third kappa shape index (κ3) is 2.65. The van der Waals surface area contributed by atoms with Gasteiger partial charge in [0.2, 0.25) is 5.69 Å². The SMILES string of the molecule is O=[N+]([O-])c1ccc(CBr)nc1C(F)(F)F. The summed E-state index contributed by atoms with van der Waals surface area (Å²) in [5.74, 6) is 0. The predicted octanol–water partition coefficient (Wildman–Crippen LogP) is 2.90. The summed E-state index contributed by atoms with van der Waals surface area (Å²) in [4.78, 5) is 12.4. The molecule has 1 heterocycles. The maximum absolute atomic E-state index is 12.3. The first-order valence-corrected chi connectivity index (χ1v) is 4.76. The first kappa shape index (κ1) is 11.9. The lowest BCUT2D eigenvalue weighted by molar-refractivity contribution is -0.388. The van der Waals surface area contributed by atoms with Gasteiger partial charge < -0.3 is 0 Å². The Hall–Kier alpha value is -1.18. The van der Waals surface area contributed by atoms with Crippen LogP contribution in [0.25, 0.3) is 0 Å². The molecule has 1 aromatic heterocycles. The second-order valence-corrected chi connectivity index (χ2v) is 3.12. The lowest BCUT2D eigenvalue weighted by atomic mass is 10.2. The normalized spacial score (nSPS) is 11.5. The molecular formula is C7H4BrF3N2O2. The van der Waals surface area contributed by atoms with E-state index in [4.69, 9.17) is 0 Å². The molecule has 0 N–H and O–H groups in total. The van der Waals surface area contributed by atoms with Crippen molar-refractivity contribution in [2.24, 2.45) is 0 Å². The van der Waals surface area contributed by atoms with Crippen molar-refractivity contribution < 1.29 is 18.1 Å². The van der Waals surface area contributed by atoms with Crippen LogP contribution < -0.4 is 0 Å². The van der Waals surface area contributed by atoms with Gasteiger partial charge in [0, 0.05) is 11.4 Å². The molecule has 0 saturated heterocycles. The topological polar surface area (TPSA) is 56.0 Å². The lowest BCUT2D eigenvalue weighted by Gasteiger charge is -2.07. The van der Waals surface area contributed by atoms with Crippen molar-refractivity contribution in [2.75, 3.05) is 0 Å². The second kappa shape index (κ2) is 4.13. The first-order valence-electron chi connectivity index (χ1n) is 3.63. The Morgan fingerprint density at radius 1 is 1.47 bits per heavy atom. The van der Waals surface area contributed by atoms with Crippen molar-refractivity contribution in [1.29, 1.82) is 0 Å². The highest BCUT2D eigenvalue weighted by Crippen LogP contribution is 2.34. The summed E-state index contributed by atoms with van der Waals surface area (Å²) >= 11 is 2.92. The second-order valence-electron chi connectivity index (χ2n) is 2.56. The van der Waals surface area contributed by atoms with E-state index >= 15 is 0 Å². The van der Waals surface area contributed by atoms with Crippen LogP contribution in [0.1, 0.15) is 11.4 Å². The predicted molar refractivity (Wildman–Crippen MR) is 48.5 cm³/mol. The van der Waals surface area contributed by atoms with Gasteiger partial charge in [0.25, 0.3) is 5.69 Å². The summed E-state index contributed by atoms with van der Waals surface area (Å²) in [5.41, 5.74) is -2.41. The average molecular weight is 285 g/mol. The van der Waals surface area contributed by atoms with Crippen LogP contribution in [-0.4, -0.2) is 9.91 Å². The zero-order valence-electron chi connectivity index (χ0n) is 7.08. The number of nitro groups is 1. The van der Waals surface area contributed by atoms with E-state index in [2.05, 4.69) is 20.9 Å². The van der Waals surface area contributed by atoms with E-state index in [0.29, 0.717) is 0 Å². The zero-order valence-corrected chi connectivity index (χ0v) is 8.67. The molecule has 15 heavy (non-hydrogen) atoms. The maximum atomic E-state index is 12.3. The number of aromatic nitrogens is 1. The summed E-state index contributed by atoms with van der Waals surface area (Å²) in [6, 6.07) is 1.97. The van der Waals surface area contributed by atoms with Crippen LogP contribution in [0, 0.1) is 10.1 Å². The monoisotopic (exact) mass is 284 g/mol. The lowest BCUT2D eigenvalue weighted by Crippen LogP contribution is -2.12. The molecule has 0 aliphatic rings. The Kier molecular flexibility index (Phi) is 3.28. The van der Waals surface area contributed by atoms with E-state index in [1.807, 2.05) is 0 Å². The van der Waals surface area contributed by atoms with Gasteiger partial charge in [0.15, 0.2) is 0 Å². The fourth-order valence-corrected chi connectivity index (χ4v) is 1.23. The molecule has 0 fully saturated rings. The molecule has 4 nitrogen and oxygen atoms in total. The summed E-state index contributed by atoms with van der Waals surface area (Å²) < 4.78 is 37.0. The molecule has 0 unspecified atom stereocenters. The molecule has 0 radical (unpaired) electrons. The Morgan fingerprint density at radius 2 is 2.07 bits per heavy atom. The van der Waals surface area contributed by atoms with Gasteiger partial charge >= 0.3 is 6.18 Å². The van der Waals surface area contributed by atoms with Crippen LogP contribution in [-0.2, 0) is 11.5 Å². The molecule has 0 saturated carbocycles. The Morgan fingerprint density at radius 3 is 2.47 bits per heavy atom. The van der Waals surface area contributed by atoms with E-state index in [1.54, 1.807) is 0 Å². The molecule has 0 bridgehead atoms. The smallest absolute Gasteiger partial charge is 0.258 e. The minimum atomic E-state index is -4.82. The highest BCUT2D eigenvalue weighted by atomic mass is 79.9. The van der Waals surface area contributed by atoms with Gasteiger partial charge in [-0.2, -0.15) is 13.2 Å². The minimum Gasteiger partial charge on any atom is -0.258 e. The van der Waals surface area contributed by atoms with Crippen LogP contribution in [0.4, 0.5) is 18.9 Å². The van der Waals surface area contributed by atoms with Crippen LogP contribution in [0.5, 0.6) is 0 Å². The number of halogens is 4. The van der Waals surface area contributed by atoms with E-state index < -0.39 is 22.5 Å². The van der Waals surface area contributed by atoms with Crippen LogP contribution in [0.15, 0.2) is 12.1 Å². The molecular weight excluding hydrogens is 281 g/mol. The first-order chi connectivity index (χ1) is 6.86. The molecule has 1 rings (SSSR count). The molecule has 0 atom stereocenters. The molecule has 0 spiro atoms. The van der Waals surface area contributed by atoms with E-state index in [9.17, 15) is 23.3 Å². The minimum absolute atomic E-state index is 0.0907. The third-order valence-corrected chi connectivity index (χ3v) is 2.11. The average Bonchev–Trinajstić information content (AvgIpc) is 2.15. The van der Waals surface area contributed by atoms with Gasteiger partial charge in [-0.1, -0.05) is 15.9 Å². The van der Waals surface area contributed by atoms with Gasteiger partial charge in [-0.05, 0) is 6.07 Å². The van der Waals surface area contributed by atoms with Crippen LogP contribution >= 0.6 is 15.9 Å².